The Kier molecular flexibility index (Phi) is 5.06. The molecule has 0 atom stereocenters. The molecule has 0 unspecified atom stereocenters. The van der Waals surface area contributed by atoms with Crippen molar-refractivity contribution < 1.29 is 0 Å². The van der Waals surface area contributed by atoms with Crippen LogP contribution in [0.3, 0.4) is 0 Å². The summed E-state index contributed by atoms with van der Waals surface area (Å²) in [7, 11) is 0. The van der Waals surface area contributed by atoms with Gasteiger partial charge in [0.25, 0.3) is 0 Å². The Hall–Kier alpha value is -0.460. The minimum atomic E-state index is 0.874. The Labute approximate surface area is 102 Å². The summed E-state index contributed by atoms with van der Waals surface area (Å²) in [5, 5.41) is 3.30. The Bertz CT molecular complexity index is 363. The normalized spacial score (nSPS) is 9.07. The number of hydrogen-bond acceptors (Lipinski definition) is 1. The Morgan fingerprint density at radius 1 is 1.36 bits per heavy atom. The average molecular weight is 317 g/mol. The van der Waals surface area contributed by atoms with Crippen molar-refractivity contribution in [3.8, 4) is 11.8 Å². The van der Waals surface area contributed by atoms with Crippen LogP contribution in [0.2, 0.25) is 0 Å². The SMILES string of the molecule is CC#CCCNc1ccc(Br)cc1Br. The van der Waals surface area contributed by atoms with E-state index in [1.807, 2.05) is 25.1 Å². The molecule has 14 heavy (non-hydrogen) atoms. The highest BCUT2D eigenvalue weighted by Crippen LogP contribution is 2.25. The summed E-state index contributed by atoms with van der Waals surface area (Å²) in [6, 6.07) is 6.07. The topological polar surface area (TPSA) is 12.0 Å². The second kappa shape index (κ2) is 6.10. The zero-order valence-corrected chi connectivity index (χ0v) is 11.1. The van der Waals surface area contributed by atoms with E-state index >= 15 is 0 Å². The first-order valence-electron chi connectivity index (χ1n) is 4.32. The third kappa shape index (κ3) is 3.73. The molecule has 0 spiro atoms. The first kappa shape index (κ1) is 11.6. The summed E-state index contributed by atoms with van der Waals surface area (Å²) in [4.78, 5) is 0. The van der Waals surface area contributed by atoms with Crippen LogP contribution in [-0.2, 0) is 0 Å². The molecule has 0 bridgehead atoms. The molecule has 1 aromatic carbocycles. The molecule has 0 radical (unpaired) electrons. The van der Waals surface area contributed by atoms with E-state index in [1.54, 1.807) is 0 Å². The molecule has 1 rings (SSSR count). The van der Waals surface area contributed by atoms with Crippen LogP contribution in [-0.4, -0.2) is 6.54 Å². The maximum atomic E-state index is 3.49. The quantitative estimate of drug-likeness (QED) is 0.655. The standard InChI is InChI=1S/C11H11Br2N/c1-2-3-4-7-14-11-6-5-9(12)8-10(11)13/h5-6,8,14H,4,7H2,1H3. The predicted molar refractivity (Wildman–Crippen MR) is 68.4 cm³/mol. The van der Waals surface area contributed by atoms with E-state index in [0.29, 0.717) is 0 Å². The number of benzene rings is 1. The molecule has 0 aliphatic heterocycles. The highest BCUT2D eigenvalue weighted by Gasteiger charge is 1.98. The van der Waals surface area contributed by atoms with Crippen LogP contribution in [0, 0.1) is 11.8 Å². The number of nitrogens with one attached hydrogen (secondary N) is 1. The van der Waals surface area contributed by atoms with Crippen LogP contribution in [0.1, 0.15) is 13.3 Å². The van der Waals surface area contributed by atoms with E-state index in [2.05, 4.69) is 49.0 Å². The maximum Gasteiger partial charge on any atom is 0.0485 e. The molecule has 0 aromatic heterocycles. The monoisotopic (exact) mass is 315 g/mol. The number of anilines is 1. The molecule has 0 saturated heterocycles. The van der Waals surface area contributed by atoms with Crippen molar-refractivity contribution in [1.29, 1.82) is 0 Å². The van der Waals surface area contributed by atoms with E-state index in [4.69, 9.17) is 0 Å². The second-order valence-electron chi connectivity index (χ2n) is 2.73. The van der Waals surface area contributed by atoms with Crippen LogP contribution in [0.15, 0.2) is 27.1 Å². The van der Waals surface area contributed by atoms with Gasteiger partial charge < -0.3 is 5.32 Å². The van der Waals surface area contributed by atoms with Gasteiger partial charge in [-0.25, -0.2) is 0 Å². The molecule has 1 aromatic rings. The van der Waals surface area contributed by atoms with E-state index < -0.39 is 0 Å². The molecule has 0 aliphatic rings. The number of halogens is 2. The minimum Gasteiger partial charge on any atom is -0.383 e. The van der Waals surface area contributed by atoms with Crippen molar-refractivity contribution in [2.24, 2.45) is 0 Å². The van der Waals surface area contributed by atoms with Gasteiger partial charge in [0.1, 0.15) is 0 Å². The van der Waals surface area contributed by atoms with Crippen molar-refractivity contribution in [3.05, 3.63) is 27.1 Å². The van der Waals surface area contributed by atoms with Gasteiger partial charge in [-0.1, -0.05) is 15.9 Å². The van der Waals surface area contributed by atoms with E-state index in [0.717, 1.165) is 27.6 Å². The van der Waals surface area contributed by atoms with E-state index in [1.165, 1.54) is 0 Å². The van der Waals surface area contributed by atoms with Crippen LogP contribution in [0.25, 0.3) is 0 Å². The second-order valence-corrected chi connectivity index (χ2v) is 4.50. The molecule has 1 N–H and O–H groups in total. The van der Waals surface area contributed by atoms with Gasteiger partial charge >= 0.3 is 0 Å². The third-order valence-corrected chi connectivity index (χ3v) is 2.82. The van der Waals surface area contributed by atoms with Gasteiger partial charge in [-0.2, -0.15) is 0 Å². The van der Waals surface area contributed by atoms with Crippen molar-refractivity contribution in [3.63, 3.8) is 0 Å². The van der Waals surface area contributed by atoms with Gasteiger partial charge in [0, 0.05) is 27.6 Å². The van der Waals surface area contributed by atoms with Crippen molar-refractivity contribution >= 4 is 37.5 Å². The van der Waals surface area contributed by atoms with Crippen LogP contribution < -0.4 is 5.32 Å². The third-order valence-electron chi connectivity index (χ3n) is 1.67. The average Bonchev–Trinajstić information content (AvgIpc) is 2.15. The van der Waals surface area contributed by atoms with Gasteiger partial charge in [-0.15, -0.1) is 11.8 Å². The van der Waals surface area contributed by atoms with Gasteiger partial charge in [0.15, 0.2) is 0 Å². The molecule has 0 amide bonds. The summed E-state index contributed by atoms with van der Waals surface area (Å²) in [5.41, 5.74) is 1.10. The lowest BCUT2D eigenvalue weighted by Gasteiger charge is -2.06. The molecule has 0 saturated carbocycles. The molecule has 0 aliphatic carbocycles. The lowest BCUT2D eigenvalue weighted by molar-refractivity contribution is 1.09. The largest absolute Gasteiger partial charge is 0.383 e. The lowest BCUT2D eigenvalue weighted by Crippen LogP contribution is -2.00. The molecule has 1 nitrogen and oxygen atoms in total. The summed E-state index contributed by atoms with van der Waals surface area (Å²) >= 11 is 6.90. The first-order chi connectivity index (χ1) is 6.74. The Balaban J connectivity index is 2.53. The fourth-order valence-electron chi connectivity index (χ4n) is 1.02. The highest BCUT2D eigenvalue weighted by atomic mass is 79.9. The Morgan fingerprint density at radius 3 is 2.79 bits per heavy atom. The van der Waals surface area contributed by atoms with E-state index in [-0.39, 0.29) is 0 Å². The molecular formula is C11H11Br2N. The summed E-state index contributed by atoms with van der Waals surface area (Å²) in [5.74, 6) is 5.88. The predicted octanol–water partition coefficient (Wildman–Crippen LogP) is 4.04. The van der Waals surface area contributed by atoms with Gasteiger partial charge in [-0.05, 0) is 41.1 Å². The van der Waals surface area contributed by atoms with E-state index in [9.17, 15) is 0 Å². The minimum absolute atomic E-state index is 0.874. The smallest absolute Gasteiger partial charge is 0.0485 e. The molecule has 0 fully saturated rings. The van der Waals surface area contributed by atoms with Crippen molar-refractivity contribution in [2.45, 2.75) is 13.3 Å². The Morgan fingerprint density at radius 2 is 2.14 bits per heavy atom. The molecule has 3 heteroatoms. The molecule has 74 valence electrons. The zero-order valence-electron chi connectivity index (χ0n) is 7.90. The van der Waals surface area contributed by atoms with Gasteiger partial charge in [-0.3, -0.25) is 0 Å². The highest BCUT2D eigenvalue weighted by molar-refractivity contribution is 9.11. The zero-order chi connectivity index (χ0) is 10.4. The number of rotatable bonds is 3. The maximum absolute atomic E-state index is 3.49. The van der Waals surface area contributed by atoms with Crippen LogP contribution in [0.5, 0.6) is 0 Å². The summed E-state index contributed by atoms with van der Waals surface area (Å²) < 4.78 is 2.14. The fraction of sp³-hybridized carbons (Fsp3) is 0.273. The summed E-state index contributed by atoms with van der Waals surface area (Å²) in [6.45, 7) is 2.73. The molecule has 0 heterocycles. The molecular weight excluding hydrogens is 306 g/mol. The van der Waals surface area contributed by atoms with Crippen molar-refractivity contribution in [1.82, 2.24) is 0 Å². The van der Waals surface area contributed by atoms with Crippen LogP contribution >= 0.6 is 31.9 Å². The first-order valence-corrected chi connectivity index (χ1v) is 5.91. The van der Waals surface area contributed by atoms with Crippen molar-refractivity contribution in [2.75, 3.05) is 11.9 Å². The van der Waals surface area contributed by atoms with Gasteiger partial charge in [0.2, 0.25) is 0 Å². The summed E-state index contributed by atoms with van der Waals surface area (Å²) in [6.07, 6.45) is 0.874. The fourth-order valence-corrected chi connectivity index (χ4v) is 2.20. The lowest BCUT2D eigenvalue weighted by atomic mass is 10.3. The number of hydrogen-bond donors (Lipinski definition) is 1. The van der Waals surface area contributed by atoms with Crippen LogP contribution in [0.4, 0.5) is 5.69 Å². The van der Waals surface area contributed by atoms with Gasteiger partial charge in [0.05, 0.1) is 0 Å².